The summed E-state index contributed by atoms with van der Waals surface area (Å²) in [6, 6.07) is 14.4. The maximum absolute atomic E-state index is 12.6. The number of nitrogens with zero attached hydrogens (tertiary/aromatic N) is 6. The summed E-state index contributed by atoms with van der Waals surface area (Å²) >= 11 is 0. The van der Waals surface area contributed by atoms with Gasteiger partial charge in [0, 0.05) is 75.2 Å². The van der Waals surface area contributed by atoms with Crippen LogP contribution in [0.4, 0.5) is 29.2 Å². The van der Waals surface area contributed by atoms with E-state index in [0.717, 1.165) is 37.2 Å². The smallest absolute Gasteiger partial charge is 0.269 e. The van der Waals surface area contributed by atoms with E-state index in [4.69, 9.17) is 30.2 Å². The third-order valence-corrected chi connectivity index (χ3v) is 8.38. The molecule has 1 saturated heterocycles. The van der Waals surface area contributed by atoms with Gasteiger partial charge < -0.3 is 41.0 Å². The number of nitro groups is 1. The summed E-state index contributed by atoms with van der Waals surface area (Å²) in [5.41, 5.74) is 7.97. The van der Waals surface area contributed by atoms with Crippen LogP contribution >= 0.6 is 0 Å². The average molecular weight is 663 g/mol. The number of aromatic nitrogens is 3. The molecule has 0 radical (unpaired) electrons. The summed E-state index contributed by atoms with van der Waals surface area (Å²) in [7, 11) is 0. The highest BCUT2D eigenvalue weighted by Gasteiger charge is 2.22. The molecule has 0 atom stereocenters. The molecule has 0 bridgehead atoms. The molecular weight excluding hydrogens is 616 g/mol. The molecule has 1 aliphatic carbocycles. The fourth-order valence-electron chi connectivity index (χ4n) is 5.73. The quantitative estimate of drug-likeness (QED) is 0.0939. The van der Waals surface area contributed by atoms with Crippen molar-refractivity contribution in [2.24, 2.45) is 5.73 Å². The molecule has 15 heteroatoms. The Morgan fingerprint density at radius 3 is 2.21 bits per heavy atom. The summed E-state index contributed by atoms with van der Waals surface area (Å²) in [5, 5.41) is 20.8. The summed E-state index contributed by atoms with van der Waals surface area (Å²) in [4.78, 5) is 41.9. The molecule has 2 aromatic carbocycles. The lowest BCUT2D eigenvalue weighted by Gasteiger charge is -2.36. The van der Waals surface area contributed by atoms with Gasteiger partial charge in [-0.25, -0.2) is 0 Å². The SMILES string of the molecule is NCCOCCOCCNC(=O)c1ccc(CNc2nc(NC3CCCCC3)nc(N3CCN(c4ccc([N+](=O)[O-])cc4)CC3)n2)cc1. The summed E-state index contributed by atoms with van der Waals surface area (Å²) < 4.78 is 10.7. The molecule has 1 aliphatic heterocycles. The van der Waals surface area contributed by atoms with Crippen LogP contribution in [0.1, 0.15) is 48.0 Å². The molecule has 2 fully saturated rings. The molecule has 0 unspecified atom stereocenters. The third kappa shape index (κ3) is 10.5. The number of benzene rings is 2. The number of anilines is 4. The van der Waals surface area contributed by atoms with Crippen molar-refractivity contribution in [3.63, 3.8) is 0 Å². The zero-order valence-corrected chi connectivity index (χ0v) is 27.3. The van der Waals surface area contributed by atoms with Gasteiger partial charge in [0.05, 0.1) is 31.4 Å². The minimum atomic E-state index is -0.384. The van der Waals surface area contributed by atoms with Crippen molar-refractivity contribution in [1.29, 1.82) is 0 Å². The van der Waals surface area contributed by atoms with Crippen LogP contribution in [-0.4, -0.2) is 97.5 Å². The largest absolute Gasteiger partial charge is 0.378 e. The Kier molecular flexibility index (Phi) is 13.1. The molecule has 258 valence electrons. The van der Waals surface area contributed by atoms with E-state index in [9.17, 15) is 14.9 Å². The lowest BCUT2D eigenvalue weighted by molar-refractivity contribution is -0.384. The molecule has 2 heterocycles. The van der Waals surface area contributed by atoms with Crippen molar-refractivity contribution in [3.05, 3.63) is 69.8 Å². The van der Waals surface area contributed by atoms with Crippen molar-refractivity contribution < 1.29 is 19.2 Å². The maximum atomic E-state index is 12.6. The van der Waals surface area contributed by atoms with Crippen molar-refractivity contribution in [3.8, 4) is 0 Å². The van der Waals surface area contributed by atoms with Gasteiger partial charge in [0.25, 0.3) is 11.6 Å². The number of carbonyl (C=O) groups is 1. The molecule has 0 spiro atoms. The predicted octanol–water partition coefficient (Wildman–Crippen LogP) is 3.18. The Hall–Kier alpha value is -4.60. The minimum Gasteiger partial charge on any atom is -0.378 e. The van der Waals surface area contributed by atoms with E-state index in [-0.39, 0.29) is 16.5 Å². The average Bonchev–Trinajstić information content (AvgIpc) is 3.12. The Morgan fingerprint density at radius 2 is 1.52 bits per heavy atom. The highest BCUT2D eigenvalue weighted by molar-refractivity contribution is 5.94. The van der Waals surface area contributed by atoms with E-state index in [1.807, 2.05) is 12.1 Å². The molecule has 15 nitrogen and oxygen atoms in total. The predicted molar refractivity (Wildman–Crippen MR) is 185 cm³/mol. The number of nitro benzene ring substituents is 1. The van der Waals surface area contributed by atoms with Gasteiger partial charge in [-0.3, -0.25) is 14.9 Å². The second-order valence-corrected chi connectivity index (χ2v) is 11.8. The number of non-ortho nitro benzene ring substituents is 1. The van der Waals surface area contributed by atoms with E-state index >= 15 is 0 Å². The van der Waals surface area contributed by atoms with Crippen LogP contribution in [-0.2, 0) is 16.0 Å². The molecule has 2 aliphatic rings. The molecule has 48 heavy (non-hydrogen) atoms. The van der Waals surface area contributed by atoms with Crippen LogP contribution in [0.25, 0.3) is 0 Å². The van der Waals surface area contributed by atoms with E-state index in [1.54, 1.807) is 36.4 Å². The van der Waals surface area contributed by atoms with E-state index in [1.165, 1.54) is 19.3 Å². The summed E-state index contributed by atoms with van der Waals surface area (Å²) in [5.74, 6) is 1.48. The molecule has 3 aromatic rings. The Balaban J connectivity index is 1.16. The van der Waals surface area contributed by atoms with Crippen molar-refractivity contribution in [1.82, 2.24) is 20.3 Å². The van der Waals surface area contributed by atoms with Crippen LogP contribution in [0, 0.1) is 10.1 Å². The van der Waals surface area contributed by atoms with Crippen LogP contribution in [0.3, 0.4) is 0 Å². The Morgan fingerprint density at radius 1 is 0.854 bits per heavy atom. The first kappa shape index (κ1) is 34.7. The first-order chi connectivity index (χ1) is 23.5. The lowest BCUT2D eigenvalue weighted by atomic mass is 9.96. The second kappa shape index (κ2) is 18.1. The first-order valence-electron chi connectivity index (χ1n) is 16.7. The molecule has 1 amide bonds. The fraction of sp³-hybridized carbons (Fsp3) is 0.515. The normalized spacial score (nSPS) is 15.3. The lowest BCUT2D eigenvalue weighted by Crippen LogP contribution is -2.47. The number of nitrogens with one attached hydrogen (secondary N) is 3. The molecule has 1 aromatic heterocycles. The van der Waals surface area contributed by atoms with Gasteiger partial charge in [0.2, 0.25) is 17.8 Å². The van der Waals surface area contributed by atoms with Gasteiger partial charge in [0.1, 0.15) is 0 Å². The fourth-order valence-corrected chi connectivity index (χ4v) is 5.73. The van der Waals surface area contributed by atoms with Gasteiger partial charge in [-0.15, -0.1) is 0 Å². The second-order valence-electron chi connectivity index (χ2n) is 11.8. The van der Waals surface area contributed by atoms with Gasteiger partial charge >= 0.3 is 0 Å². The monoisotopic (exact) mass is 662 g/mol. The minimum absolute atomic E-state index is 0.0837. The van der Waals surface area contributed by atoms with Crippen LogP contribution in [0.2, 0.25) is 0 Å². The number of rotatable bonds is 17. The molecule has 5 rings (SSSR count). The van der Waals surface area contributed by atoms with Gasteiger partial charge in [-0.2, -0.15) is 15.0 Å². The van der Waals surface area contributed by atoms with Crippen LogP contribution in [0.15, 0.2) is 48.5 Å². The standard InChI is InChI=1S/C33H46N10O5/c34-14-20-47-22-23-48-21-15-35-30(44)26-8-6-25(7-9-26)24-36-31-38-32(37-27-4-2-1-3-5-27)40-33(39-31)42-18-16-41(17-19-42)28-10-12-29(13-11-28)43(45)46/h6-13,27H,1-5,14-24,34H2,(H,35,44)(H2,36,37,38,39,40). The maximum Gasteiger partial charge on any atom is 0.269 e. The van der Waals surface area contributed by atoms with Crippen LogP contribution < -0.4 is 31.5 Å². The summed E-state index contributed by atoms with van der Waals surface area (Å²) in [6.45, 7) is 6.07. The van der Waals surface area contributed by atoms with E-state index in [2.05, 4.69) is 25.8 Å². The van der Waals surface area contributed by atoms with E-state index < -0.39 is 0 Å². The number of nitrogens with two attached hydrogens (primary N) is 1. The number of carbonyl (C=O) groups excluding carboxylic acids is 1. The zero-order valence-electron chi connectivity index (χ0n) is 27.3. The van der Waals surface area contributed by atoms with Gasteiger partial charge in [-0.05, 0) is 42.7 Å². The van der Waals surface area contributed by atoms with Gasteiger partial charge in [-0.1, -0.05) is 31.4 Å². The number of piperazine rings is 1. The van der Waals surface area contributed by atoms with Crippen molar-refractivity contribution >= 4 is 35.1 Å². The molecular formula is C33H46N10O5. The van der Waals surface area contributed by atoms with Crippen molar-refractivity contribution in [2.75, 3.05) is 86.1 Å². The first-order valence-corrected chi connectivity index (χ1v) is 16.7. The number of hydrogen-bond acceptors (Lipinski definition) is 13. The summed E-state index contributed by atoms with van der Waals surface area (Å²) in [6.07, 6.45) is 5.83. The highest BCUT2D eigenvalue weighted by atomic mass is 16.6. The van der Waals surface area contributed by atoms with Crippen molar-refractivity contribution in [2.45, 2.75) is 44.7 Å². The number of hydrogen-bond donors (Lipinski definition) is 4. The third-order valence-electron chi connectivity index (χ3n) is 8.38. The number of ether oxygens (including phenoxy) is 2. The number of amides is 1. The van der Waals surface area contributed by atoms with E-state index in [0.29, 0.717) is 88.6 Å². The molecule has 5 N–H and O–H groups in total. The van der Waals surface area contributed by atoms with Gasteiger partial charge in [0.15, 0.2) is 0 Å². The Labute approximate surface area is 280 Å². The van der Waals surface area contributed by atoms with Crippen LogP contribution in [0.5, 0.6) is 0 Å². The highest BCUT2D eigenvalue weighted by Crippen LogP contribution is 2.24. The Bertz CT molecular complexity index is 1450. The molecule has 1 saturated carbocycles. The zero-order chi connectivity index (χ0) is 33.6. The topological polar surface area (TPSA) is 186 Å².